The first-order valence-electron chi connectivity index (χ1n) is 11.4. The Morgan fingerprint density at radius 1 is 1.08 bits per heavy atom. The summed E-state index contributed by atoms with van der Waals surface area (Å²) in [6.07, 6.45) is -1.93. The minimum Gasteiger partial charge on any atom is -0.437 e. The fourth-order valence-corrected chi connectivity index (χ4v) is 4.91. The first-order valence-corrected chi connectivity index (χ1v) is 12.2. The molecule has 184 valence electrons. The molecule has 3 aromatic carbocycles. The zero-order chi connectivity index (χ0) is 25.4. The van der Waals surface area contributed by atoms with E-state index in [0.717, 1.165) is 52.6 Å². The average Bonchev–Trinajstić information content (AvgIpc) is 2.83. The highest BCUT2D eigenvalue weighted by Gasteiger charge is 2.31. The van der Waals surface area contributed by atoms with Crippen LogP contribution in [0.3, 0.4) is 0 Å². The van der Waals surface area contributed by atoms with Crippen LogP contribution in [0.25, 0.3) is 10.9 Å². The van der Waals surface area contributed by atoms with E-state index in [-0.39, 0.29) is 23.2 Å². The molecular weight excluding hydrogens is 535 g/mol. The van der Waals surface area contributed by atoms with Crippen LogP contribution in [0.1, 0.15) is 51.5 Å². The van der Waals surface area contributed by atoms with Gasteiger partial charge in [0, 0.05) is 9.86 Å². The van der Waals surface area contributed by atoms with E-state index in [1.807, 2.05) is 25.1 Å². The van der Waals surface area contributed by atoms with Gasteiger partial charge in [0.25, 0.3) is 11.8 Å². The number of hydrogen-bond donors (Lipinski definition) is 1. The molecule has 0 aliphatic heterocycles. The molecule has 9 heteroatoms. The maximum absolute atomic E-state index is 13.7. The van der Waals surface area contributed by atoms with Crippen molar-refractivity contribution < 1.29 is 22.7 Å². The van der Waals surface area contributed by atoms with Gasteiger partial charge in [0.2, 0.25) is 0 Å². The quantitative estimate of drug-likeness (QED) is 0.286. The number of amides is 1. The molecule has 5 rings (SSSR count). The third kappa shape index (κ3) is 4.93. The summed E-state index contributed by atoms with van der Waals surface area (Å²) in [5.74, 6) is -0.677. The molecule has 4 aromatic rings. The third-order valence-corrected chi connectivity index (χ3v) is 6.71. The van der Waals surface area contributed by atoms with Crippen molar-refractivity contribution in [3.63, 3.8) is 0 Å². The van der Waals surface area contributed by atoms with Crippen LogP contribution in [0.4, 0.5) is 13.2 Å². The lowest BCUT2D eigenvalue weighted by Crippen LogP contribution is -2.31. The summed E-state index contributed by atoms with van der Waals surface area (Å²) in [5, 5.41) is 11.8. The lowest BCUT2D eigenvalue weighted by Gasteiger charge is -2.27. The Morgan fingerprint density at radius 2 is 1.92 bits per heavy atom. The van der Waals surface area contributed by atoms with Crippen molar-refractivity contribution in [2.45, 2.75) is 38.4 Å². The fraction of sp³-hybridized carbons (Fsp3) is 0.222. The molecule has 0 fully saturated rings. The summed E-state index contributed by atoms with van der Waals surface area (Å²) < 4.78 is 46.4. The van der Waals surface area contributed by atoms with E-state index < -0.39 is 17.6 Å². The summed E-state index contributed by atoms with van der Waals surface area (Å²) >= 11 is 3.50. The molecular formula is C27H21BrF3N3O2. The molecule has 5 nitrogen and oxygen atoms in total. The topological polar surface area (TPSA) is 64.1 Å². The molecule has 1 amide bonds. The number of aromatic nitrogens is 2. The smallest absolute Gasteiger partial charge is 0.416 e. The second-order valence-electron chi connectivity index (χ2n) is 8.79. The highest BCUT2D eigenvalue weighted by molar-refractivity contribution is 9.10. The van der Waals surface area contributed by atoms with Crippen LogP contribution >= 0.6 is 15.9 Å². The molecule has 0 unspecified atom stereocenters. The number of nitrogens with one attached hydrogen (secondary N) is 1. The summed E-state index contributed by atoms with van der Waals surface area (Å²) in [6.45, 7) is 1.89. The molecule has 1 aliphatic rings. The predicted octanol–water partition coefficient (Wildman–Crippen LogP) is 7.32. The van der Waals surface area contributed by atoms with Gasteiger partial charge in [-0.1, -0.05) is 40.2 Å². The second kappa shape index (κ2) is 9.54. The zero-order valence-electron chi connectivity index (χ0n) is 19.2. The van der Waals surface area contributed by atoms with Gasteiger partial charge in [-0.2, -0.15) is 13.2 Å². The van der Waals surface area contributed by atoms with E-state index in [9.17, 15) is 18.0 Å². The number of fused-ring (bicyclic) bond motifs is 2. The van der Waals surface area contributed by atoms with Gasteiger partial charge in [-0.25, -0.2) is 0 Å². The van der Waals surface area contributed by atoms with E-state index in [2.05, 4.69) is 37.5 Å². The molecule has 1 atom stereocenters. The Kier molecular flexibility index (Phi) is 6.42. The van der Waals surface area contributed by atoms with Gasteiger partial charge < -0.3 is 10.1 Å². The Labute approximate surface area is 213 Å². The lowest BCUT2D eigenvalue weighted by atomic mass is 9.87. The molecule has 0 saturated heterocycles. The molecule has 1 heterocycles. The van der Waals surface area contributed by atoms with Gasteiger partial charge in [-0.05, 0) is 79.3 Å². The van der Waals surface area contributed by atoms with E-state index in [1.54, 1.807) is 12.1 Å². The van der Waals surface area contributed by atoms with Crippen LogP contribution in [-0.2, 0) is 12.6 Å². The number of carbonyl (C=O) groups excluding carboxylic acids is 1. The van der Waals surface area contributed by atoms with Gasteiger partial charge in [0.15, 0.2) is 0 Å². The highest BCUT2D eigenvalue weighted by atomic mass is 79.9. The molecule has 0 saturated carbocycles. The number of aryl methyl sites for hydroxylation is 2. The number of carbonyl (C=O) groups is 1. The largest absolute Gasteiger partial charge is 0.437 e. The van der Waals surface area contributed by atoms with Crippen LogP contribution in [0.15, 0.2) is 65.1 Å². The first kappa shape index (κ1) is 24.2. The van der Waals surface area contributed by atoms with Gasteiger partial charge in [0.05, 0.1) is 17.1 Å². The van der Waals surface area contributed by atoms with Crippen LogP contribution in [0, 0.1) is 6.92 Å². The minimum atomic E-state index is -4.53. The number of nitrogens with zero attached hydrogens (tertiary/aromatic N) is 2. The summed E-state index contributed by atoms with van der Waals surface area (Å²) in [7, 11) is 0. The van der Waals surface area contributed by atoms with Crippen LogP contribution < -0.4 is 10.1 Å². The van der Waals surface area contributed by atoms with Gasteiger partial charge in [0.1, 0.15) is 11.3 Å². The van der Waals surface area contributed by atoms with Gasteiger partial charge in [-0.15, -0.1) is 10.2 Å². The number of rotatable bonds is 4. The van der Waals surface area contributed by atoms with Crippen molar-refractivity contribution >= 4 is 32.7 Å². The first-order chi connectivity index (χ1) is 17.2. The fourth-order valence-electron chi connectivity index (χ4n) is 4.50. The molecule has 1 N–H and O–H groups in total. The van der Waals surface area contributed by atoms with Crippen molar-refractivity contribution in [2.75, 3.05) is 0 Å². The van der Waals surface area contributed by atoms with E-state index >= 15 is 0 Å². The van der Waals surface area contributed by atoms with Crippen LogP contribution in [0.5, 0.6) is 11.6 Å². The molecule has 0 radical (unpaired) electrons. The minimum absolute atomic E-state index is 0.0903. The second-order valence-corrected chi connectivity index (χ2v) is 9.71. The van der Waals surface area contributed by atoms with Gasteiger partial charge in [-0.3, -0.25) is 4.79 Å². The monoisotopic (exact) mass is 555 g/mol. The lowest BCUT2D eigenvalue weighted by molar-refractivity contribution is -0.137. The maximum Gasteiger partial charge on any atom is 0.416 e. The maximum atomic E-state index is 13.7. The van der Waals surface area contributed by atoms with Gasteiger partial charge >= 0.3 is 6.18 Å². The molecule has 1 aliphatic carbocycles. The van der Waals surface area contributed by atoms with E-state index in [1.165, 1.54) is 12.1 Å². The molecule has 36 heavy (non-hydrogen) atoms. The number of alkyl halides is 3. The summed E-state index contributed by atoms with van der Waals surface area (Å²) in [6, 6.07) is 15.6. The Balaban J connectivity index is 1.54. The highest BCUT2D eigenvalue weighted by Crippen LogP contribution is 2.36. The van der Waals surface area contributed by atoms with Crippen molar-refractivity contribution in [3.05, 3.63) is 93.0 Å². The SMILES string of the molecule is Cc1ccc2c(C(=O)N[C@H]3CCCc4cc(Br)ccc43)c(Oc3cccc(C(F)(F)F)c3)nnc2c1. The average molecular weight is 556 g/mol. The number of benzene rings is 3. The van der Waals surface area contributed by atoms with E-state index in [0.29, 0.717) is 10.9 Å². The number of ether oxygens (including phenoxy) is 1. The normalized spacial score (nSPS) is 15.4. The number of hydrogen-bond acceptors (Lipinski definition) is 4. The van der Waals surface area contributed by atoms with Crippen LogP contribution in [-0.4, -0.2) is 16.1 Å². The Morgan fingerprint density at radius 3 is 2.72 bits per heavy atom. The Hall–Kier alpha value is -3.46. The van der Waals surface area contributed by atoms with E-state index in [4.69, 9.17) is 4.74 Å². The number of halogens is 4. The van der Waals surface area contributed by atoms with Crippen molar-refractivity contribution in [1.82, 2.24) is 15.5 Å². The van der Waals surface area contributed by atoms with Crippen molar-refractivity contribution in [2.24, 2.45) is 0 Å². The standard InChI is InChI=1S/C27H21BrF3N3O2/c1-15-8-10-21-23(12-15)33-34-26(36-19-6-3-5-17(14-19)27(29,30)31)24(21)25(35)32-22-7-2-4-16-13-18(28)9-11-20(16)22/h3,5-6,8-14,22H,2,4,7H2,1H3,(H,32,35)/t22-/m0/s1. The molecule has 0 bridgehead atoms. The summed E-state index contributed by atoms with van der Waals surface area (Å²) in [4.78, 5) is 13.7. The van der Waals surface area contributed by atoms with Crippen molar-refractivity contribution in [3.8, 4) is 11.6 Å². The van der Waals surface area contributed by atoms with Crippen molar-refractivity contribution in [1.29, 1.82) is 0 Å². The third-order valence-electron chi connectivity index (χ3n) is 6.21. The summed E-state index contributed by atoms with van der Waals surface area (Å²) in [5.41, 5.74) is 2.89. The molecule has 0 spiro atoms. The zero-order valence-corrected chi connectivity index (χ0v) is 20.8. The predicted molar refractivity (Wildman–Crippen MR) is 133 cm³/mol. The molecule has 1 aromatic heterocycles. The van der Waals surface area contributed by atoms with Crippen LogP contribution in [0.2, 0.25) is 0 Å². The Bertz CT molecular complexity index is 1470.